The first-order valence-electron chi connectivity index (χ1n) is 9.79. The minimum Gasteiger partial charge on any atom is -0.489 e. The summed E-state index contributed by atoms with van der Waals surface area (Å²) in [6, 6.07) is 11.9. The van der Waals surface area contributed by atoms with E-state index in [1.807, 2.05) is 38.1 Å². The minimum atomic E-state index is -0.292. The van der Waals surface area contributed by atoms with Gasteiger partial charge in [-0.25, -0.2) is 4.79 Å². The molecule has 1 aliphatic heterocycles. The van der Waals surface area contributed by atoms with Crippen LogP contribution in [0.4, 0.5) is 0 Å². The van der Waals surface area contributed by atoms with E-state index in [-0.39, 0.29) is 11.2 Å². The van der Waals surface area contributed by atoms with Crippen molar-refractivity contribution >= 4 is 16.8 Å². The van der Waals surface area contributed by atoms with Crippen molar-refractivity contribution in [1.82, 2.24) is 19.8 Å². The number of tetrazole rings is 1. The Bertz CT molecular complexity index is 1190. The van der Waals surface area contributed by atoms with Crippen LogP contribution in [0.15, 0.2) is 46.2 Å². The molecule has 1 aliphatic rings. The Labute approximate surface area is 179 Å². The Morgan fingerprint density at radius 1 is 1.13 bits per heavy atom. The van der Waals surface area contributed by atoms with Crippen LogP contribution in [-0.4, -0.2) is 36.1 Å². The Morgan fingerprint density at radius 3 is 2.57 bits per heavy atom. The summed E-state index contributed by atoms with van der Waals surface area (Å²) in [6.45, 7) is 8.67. The van der Waals surface area contributed by atoms with Gasteiger partial charge in [-0.05, 0) is 73.5 Å². The first-order chi connectivity index (χ1) is 14.2. The zero-order chi connectivity index (χ0) is 21.5. The summed E-state index contributed by atoms with van der Waals surface area (Å²) >= 11 is 1.79. The monoisotopic (exact) mass is 423 g/mol. The number of aliphatic imine (C=N–C) groups is 1. The highest BCUT2D eigenvalue weighted by Crippen LogP contribution is 2.32. The number of aryl methyl sites for hydroxylation is 3. The molecule has 156 valence electrons. The maximum atomic E-state index is 12.3. The van der Waals surface area contributed by atoms with E-state index in [9.17, 15) is 4.79 Å². The van der Waals surface area contributed by atoms with Crippen molar-refractivity contribution in [2.75, 3.05) is 5.75 Å². The van der Waals surface area contributed by atoms with Gasteiger partial charge in [-0.3, -0.25) is 4.99 Å². The van der Waals surface area contributed by atoms with Crippen LogP contribution in [0.5, 0.6) is 5.75 Å². The van der Waals surface area contributed by atoms with Crippen LogP contribution >= 0.6 is 11.8 Å². The number of hydrogen-bond acceptors (Lipinski definition) is 6. The number of nitrogens with zero attached hydrogens (tertiary/aromatic N) is 5. The van der Waals surface area contributed by atoms with E-state index >= 15 is 0 Å². The van der Waals surface area contributed by atoms with E-state index < -0.39 is 0 Å². The van der Waals surface area contributed by atoms with Gasteiger partial charge >= 0.3 is 5.69 Å². The Balaban J connectivity index is 1.59. The van der Waals surface area contributed by atoms with Gasteiger partial charge in [0, 0.05) is 23.9 Å². The fourth-order valence-electron chi connectivity index (χ4n) is 3.36. The number of ether oxygens (including phenoxy) is 1. The van der Waals surface area contributed by atoms with Crippen LogP contribution in [0.25, 0.3) is 5.69 Å². The van der Waals surface area contributed by atoms with Gasteiger partial charge in [0.2, 0.25) is 0 Å². The highest BCUT2D eigenvalue weighted by atomic mass is 32.2. The zero-order valence-electron chi connectivity index (χ0n) is 17.8. The number of aromatic nitrogens is 4. The third-order valence-corrected chi connectivity index (χ3v) is 6.55. The second-order valence-corrected chi connectivity index (χ2v) is 9.12. The fraction of sp³-hybridized carbons (Fsp3) is 0.364. The molecule has 0 amide bonds. The topological polar surface area (TPSA) is 74.3 Å². The molecule has 7 nitrogen and oxygen atoms in total. The molecule has 2 aromatic carbocycles. The van der Waals surface area contributed by atoms with Crippen molar-refractivity contribution in [3.05, 3.63) is 69.1 Å². The molecule has 1 aromatic heterocycles. The summed E-state index contributed by atoms with van der Waals surface area (Å²) in [5, 5.41) is 8.87. The molecule has 0 radical (unpaired) electrons. The van der Waals surface area contributed by atoms with Crippen LogP contribution in [0.1, 0.15) is 36.1 Å². The maximum Gasteiger partial charge on any atom is 0.368 e. The summed E-state index contributed by atoms with van der Waals surface area (Å²) in [6.07, 6.45) is 0. The lowest BCUT2D eigenvalue weighted by molar-refractivity contribution is 0.302. The predicted octanol–water partition coefficient (Wildman–Crippen LogP) is 3.43. The summed E-state index contributed by atoms with van der Waals surface area (Å²) < 4.78 is 8.67. The van der Waals surface area contributed by atoms with Crippen molar-refractivity contribution in [2.45, 2.75) is 39.8 Å². The number of rotatable bonds is 5. The molecule has 2 heterocycles. The van der Waals surface area contributed by atoms with Gasteiger partial charge in [0.05, 0.1) is 16.3 Å². The first-order valence-corrected chi connectivity index (χ1v) is 10.8. The van der Waals surface area contributed by atoms with E-state index in [0.29, 0.717) is 12.3 Å². The van der Waals surface area contributed by atoms with Gasteiger partial charge in [-0.15, -0.1) is 11.8 Å². The molecule has 0 spiro atoms. The molecule has 0 bridgehead atoms. The highest BCUT2D eigenvalue weighted by molar-refractivity contribution is 8.14. The third kappa shape index (κ3) is 3.92. The van der Waals surface area contributed by atoms with Gasteiger partial charge in [-0.2, -0.15) is 9.36 Å². The zero-order valence-corrected chi connectivity index (χ0v) is 18.7. The molecule has 0 N–H and O–H groups in total. The Hall–Kier alpha value is -2.87. The van der Waals surface area contributed by atoms with Gasteiger partial charge in [0.15, 0.2) is 0 Å². The van der Waals surface area contributed by atoms with Gasteiger partial charge in [-0.1, -0.05) is 12.1 Å². The lowest BCUT2D eigenvalue weighted by Gasteiger charge is -2.15. The van der Waals surface area contributed by atoms with Crippen LogP contribution in [0, 0.1) is 13.8 Å². The molecule has 0 atom stereocenters. The number of hydrogen-bond donors (Lipinski definition) is 0. The molecule has 0 unspecified atom stereocenters. The van der Waals surface area contributed by atoms with E-state index in [0.717, 1.165) is 38.8 Å². The lowest BCUT2D eigenvalue weighted by atomic mass is 10.1. The molecular formula is C22H25N5O2S. The van der Waals surface area contributed by atoms with Crippen molar-refractivity contribution < 1.29 is 4.74 Å². The first kappa shape index (κ1) is 20.4. The van der Waals surface area contributed by atoms with E-state index in [1.54, 1.807) is 18.8 Å². The predicted molar refractivity (Wildman–Crippen MR) is 120 cm³/mol. The van der Waals surface area contributed by atoms with Gasteiger partial charge < -0.3 is 4.74 Å². The molecule has 0 aliphatic carbocycles. The quantitative estimate of drug-likeness (QED) is 0.629. The molecule has 8 heteroatoms. The lowest BCUT2D eigenvalue weighted by Crippen LogP contribution is -2.23. The van der Waals surface area contributed by atoms with Crippen molar-refractivity contribution in [3.8, 4) is 11.4 Å². The van der Waals surface area contributed by atoms with Crippen LogP contribution in [-0.2, 0) is 13.7 Å². The largest absolute Gasteiger partial charge is 0.489 e. The van der Waals surface area contributed by atoms with Gasteiger partial charge in [0.1, 0.15) is 12.4 Å². The Morgan fingerprint density at radius 2 is 1.93 bits per heavy atom. The van der Waals surface area contributed by atoms with E-state index in [4.69, 9.17) is 9.73 Å². The molecule has 0 fully saturated rings. The number of thioether (sulfide) groups is 1. The van der Waals surface area contributed by atoms with Crippen LogP contribution in [0.2, 0.25) is 0 Å². The highest BCUT2D eigenvalue weighted by Gasteiger charge is 2.26. The molecule has 30 heavy (non-hydrogen) atoms. The summed E-state index contributed by atoms with van der Waals surface area (Å²) in [4.78, 5) is 17.1. The number of benzene rings is 2. The second kappa shape index (κ2) is 7.75. The molecular weight excluding hydrogens is 398 g/mol. The molecule has 0 saturated carbocycles. The SMILES string of the molecule is Cc1cc(C2=NC(C)(C)CS2)ccc1OCc1c(C)cccc1-n1nnn(C)c1=O. The smallest absolute Gasteiger partial charge is 0.368 e. The fourth-order valence-corrected chi connectivity index (χ4v) is 4.52. The summed E-state index contributed by atoms with van der Waals surface area (Å²) in [7, 11) is 1.58. The van der Waals surface area contributed by atoms with Crippen LogP contribution < -0.4 is 10.4 Å². The molecule has 4 rings (SSSR count). The van der Waals surface area contributed by atoms with Gasteiger partial charge in [0.25, 0.3) is 0 Å². The third-order valence-electron chi connectivity index (χ3n) is 5.10. The standard InChI is InChI=1S/C22H25N5O2S/c1-14-7-6-8-18(27-21(28)26(5)24-25-27)17(14)12-29-19-10-9-16(11-15(19)2)20-23-22(3,4)13-30-20/h6-11H,12-13H2,1-5H3. The minimum absolute atomic E-state index is 0.0112. The van der Waals surface area contributed by atoms with Crippen molar-refractivity contribution in [2.24, 2.45) is 12.0 Å². The molecule has 0 saturated heterocycles. The normalized spacial score (nSPS) is 15.3. The van der Waals surface area contributed by atoms with E-state index in [2.05, 4.69) is 36.4 Å². The van der Waals surface area contributed by atoms with Crippen molar-refractivity contribution in [3.63, 3.8) is 0 Å². The maximum absolute atomic E-state index is 12.3. The average molecular weight is 424 g/mol. The second-order valence-electron chi connectivity index (χ2n) is 8.16. The molecule has 3 aromatic rings. The average Bonchev–Trinajstić information content (AvgIpc) is 3.23. The summed E-state index contributed by atoms with van der Waals surface area (Å²) in [5.41, 5.74) is 4.48. The Kier molecular flexibility index (Phi) is 5.27. The van der Waals surface area contributed by atoms with E-state index in [1.165, 1.54) is 9.36 Å². The van der Waals surface area contributed by atoms with Crippen molar-refractivity contribution in [1.29, 1.82) is 0 Å². The van der Waals surface area contributed by atoms with Crippen LogP contribution in [0.3, 0.4) is 0 Å². The summed E-state index contributed by atoms with van der Waals surface area (Å²) in [5.74, 6) is 1.81.